The second kappa shape index (κ2) is 4.49. The Morgan fingerprint density at radius 2 is 1.69 bits per heavy atom. The van der Waals surface area contributed by atoms with Gasteiger partial charge >= 0.3 is 0 Å². The molecule has 0 aromatic carbocycles. The van der Waals surface area contributed by atoms with Crippen LogP contribution in [0, 0.1) is 0 Å². The molecule has 2 heterocycles. The van der Waals surface area contributed by atoms with Gasteiger partial charge in [0.25, 0.3) is 6.43 Å². The molecule has 0 aliphatic heterocycles. The average molecular weight is 242 g/mol. The fraction of sp³-hybridized carbons (Fsp3) is 0.100. The molecule has 0 unspecified atom stereocenters. The number of alkyl halides is 2. The van der Waals surface area contributed by atoms with Crippen LogP contribution >= 0.6 is 11.6 Å². The van der Waals surface area contributed by atoms with E-state index in [4.69, 9.17) is 11.6 Å². The lowest BCUT2D eigenvalue weighted by Crippen LogP contribution is -1.94. The van der Waals surface area contributed by atoms with Gasteiger partial charge in [0.05, 0.1) is 23.1 Å². The van der Waals surface area contributed by atoms with Crippen LogP contribution in [0.1, 0.15) is 12.1 Å². The monoisotopic (exact) mass is 241 g/mol. The van der Waals surface area contributed by atoms with Gasteiger partial charge in [-0.1, -0.05) is 11.6 Å². The molecular formula is C10H6ClF2N3. The molecule has 0 atom stereocenters. The highest BCUT2D eigenvalue weighted by atomic mass is 35.5. The molecule has 6 heteroatoms. The molecule has 16 heavy (non-hydrogen) atoms. The normalized spacial score (nSPS) is 10.8. The summed E-state index contributed by atoms with van der Waals surface area (Å²) >= 11 is 5.67. The van der Waals surface area contributed by atoms with Gasteiger partial charge in [0.15, 0.2) is 0 Å². The molecule has 0 radical (unpaired) electrons. The summed E-state index contributed by atoms with van der Waals surface area (Å²) in [6.07, 6.45) is 1.15. The van der Waals surface area contributed by atoms with Crippen LogP contribution in [0.15, 0.2) is 30.7 Å². The maximum atomic E-state index is 12.2. The highest BCUT2D eigenvalue weighted by Gasteiger charge is 2.09. The Labute approximate surface area is 95.1 Å². The summed E-state index contributed by atoms with van der Waals surface area (Å²) in [5.74, 6) is 0. The number of rotatable bonds is 2. The minimum absolute atomic E-state index is 0.349. The van der Waals surface area contributed by atoms with Crippen molar-refractivity contribution >= 4 is 11.6 Å². The van der Waals surface area contributed by atoms with Crippen molar-refractivity contribution < 1.29 is 8.78 Å². The van der Waals surface area contributed by atoms with Gasteiger partial charge < -0.3 is 0 Å². The summed E-state index contributed by atoms with van der Waals surface area (Å²) in [6.45, 7) is 0. The Hall–Kier alpha value is -1.62. The van der Waals surface area contributed by atoms with Crippen LogP contribution in [0.3, 0.4) is 0 Å². The van der Waals surface area contributed by atoms with Gasteiger partial charge in [0.2, 0.25) is 0 Å². The zero-order valence-electron chi connectivity index (χ0n) is 7.94. The standard InChI is InChI=1S/C10H6ClF2N3/c11-6-1-2-7(14-3-6)8-4-16-9(5-15-8)10(12)13/h1-5,10H. The van der Waals surface area contributed by atoms with Crippen LogP contribution in [-0.2, 0) is 0 Å². The largest absolute Gasteiger partial charge is 0.281 e. The molecule has 2 rings (SSSR count). The van der Waals surface area contributed by atoms with Crippen LogP contribution < -0.4 is 0 Å². The Morgan fingerprint density at radius 3 is 2.19 bits per heavy atom. The third kappa shape index (κ3) is 2.30. The summed E-state index contributed by atoms with van der Waals surface area (Å²) in [5, 5.41) is 0.501. The van der Waals surface area contributed by atoms with Crippen molar-refractivity contribution in [2.75, 3.05) is 0 Å². The Bertz CT molecular complexity index is 470. The van der Waals surface area contributed by atoms with Gasteiger partial charge in [-0.15, -0.1) is 0 Å². The van der Waals surface area contributed by atoms with E-state index in [0.717, 1.165) is 6.20 Å². The second-order valence-corrected chi connectivity index (χ2v) is 3.43. The molecule has 0 saturated heterocycles. The maximum absolute atomic E-state index is 12.2. The minimum Gasteiger partial charge on any atom is -0.253 e. The van der Waals surface area contributed by atoms with Crippen molar-refractivity contribution in [3.05, 3.63) is 41.4 Å². The number of aromatic nitrogens is 3. The predicted octanol–water partition coefficient (Wildman–Crippen LogP) is 3.13. The van der Waals surface area contributed by atoms with Crippen molar-refractivity contribution in [2.45, 2.75) is 6.43 Å². The van der Waals surface area contributed by atoms with Crippen LogP contribution in [0.2, 0.25) is 5.02 Å². The number of halogens is 3. The van der Waals surface area contributed by atoms with E-state index in [1.54, 1.807) is 12.1 Å². The van der Waals surface area contributed by atoms with E-state index in [0.29, 0.717) is 16.4 Å². The highest BCUT2D eigenvalue weighted by Crippen LogP contribution is 2.19. The van der Waals surface area contributed by atoms with Gasteiger partial charge in [-0.05, 0) is 12.1 Å². The van der Waals surface area contributed by atoms with E-state index in [-0.39, 0.29) is 5.69 Å². The van der Waals surface area contributed by atoms with E-state index in [1.807, 2.05) is 0 Å². The summed E-state index contributed by atoms with van der Waals surface area (Å²) < 4.78 is 24.4. The lowest BCUT2D eigenvalue weighted by atomic mass is 10.3. The highest BCUT2D eigenvalue weighted by molar-refractivity contribution is 6.30. The van der Waals surface area contributed by atoms with E-state index < -0.39 is 6.43 Å². The first-order chi connectivity index (χ1) is 7.66. The fourth-order valence-electron chi connectivity index (χ4n) is 1.11. The van der Waals surface area contributed by atoms with E-state index in [1.165, 1.54) is 12.4 Å². The number of pyridine rings is 1. The third-order valence-corrected chi connectivity index (χ3v) is 2.11. The lowest BCUT2D eigenvalue weighted by Gasteiger charge is -2.01. The van der Waals surface area contributed by atoms with Gasteiger partial charge in [-0.2, -0.15) is 0 Å². The Kier molecular flexibility index (Phi) is 3.05. The molecular weight excluding hydrogens is 236 g/mol. The van der Waals surface area contributed by atoms with E-state index in [9.17, 15) is 8.78 Å². The van der Waals surface area contributed by atoms with E-state index >= 15 is 0 Å². The molecule has 0 aliphatic carbocycles. The maximum Gasteiger partial charge on any atom is 0.281 e. The van der Waals surface area contributed by atoms with Crippen LogP contribution in [0.25, 0.3) is 11.4 Å². The molecule has 0 N–H and O–H groups in total. The molecule has 3 nitrogen and oxygen atoms in total. The Balaban J connectivity index is 2.31. The average Bonchev–Trinajstić information content (AvgIpc) is 2.30. The first kappa shape index (κ1) is 10.9. The number of hydrogen-bond acceptors (Lipinski definition) is 3. The zero-order valence-corrected chi connectivity index (χ0v) is 8.70. The van der Waals surface area contributed by atoms with Crippen molar-refractivity contribution in [3.63, 3.8) is 0 Å². The van der Waals surface area contributed by atoms with Gasteiger partial charge in [0, 0.05) is 6.20 Å². The second-order valence-electron chi connectivity index (χ2n) is 2.99. The smallest absolute Gasteiger partial charge is 0.253 e. The Morgan fingerprint density at radius 1 is 0.938 bits per heavy atom. The van der Waals surface area contributed by atoms with Crippen molar-refractivity contribution in [3.8, 4) is 11.4 Å². The molecule has 0 saturated carbocycles. The summed E-state index contributed by atoms with van der Waals surface area (Å²) in [4.78, 5) is 11.4. The first-order valence-corrected chi connectivity index (χ1v) is 4.76. The molecule has 0 spiro atoms. The molecule has 0 amide bonds. The van der Waals surface area contributed by atoms with Crippen molar-refractivity contribution in [2.24, 2.45) is 0 Å². The summed E-state index contributed by atoms with van der Waals surface area (Å²) in [6, 6.07) is 3.29. The third-order valence-electron chi connectivity index (χ3n) is 1.89. The summed E-state index contributed by atoms with van der Waals surface area (Å²) in [5.41, 5.74) is 0.622. The lowest BCUT2D eigenvalue weighted by molar-refractivity contribution is 0.145. The SMILES string of the molecule is FC(F)c1cnc(-c2ccc(Cl)cn2)cn1. The molecule has 82 valence electrons. The van der Waals surface area contributed by atoms with Crippen LogP contribution in [-0.4, -0.2) is 15.0 Å². The first-order valence-electron chi connectivity index (χ1n) is 4.39. The topological polar surface area (TPSA) is 38.7 Å². The minimum atomic E-state index is -2.61. The quantitative estimate of drug-likeness (QED) is 0.811. The van der Waals surface area contributed by atoms with Gasteiger partial charge in [-0.25, -0.2) is 8.78 Å². The number of nitrogens with zero attached hydrogens (tertiary/aromatic N) is 3. The molecule has 0 fully saturated rings. The number of hydrogen-bond donors (Lipinski definition) is 0. The molecule has 0 aliphatic rings. The molecule has 2 aromatic rings. The van der Waals surface area contributed by atoms with Crippen LogP contribution in [0.5, 0.6) is 0 Å². The predicted molar refractivity (Wildman–Crippen MR) is 55.2 cm³/mol. The van der Waals surface area contributed by atoms with Crippen LogP contribution in [0.4, 0.5) is 8.78 Å². The van der Waals surface area contributed by atoms with Gasteiger partial charge in [-0.3, -0.25) is 15.0 Å². The zero-order chi connectivity index (χ0) is 11.5. The fourth-order valence-corrected chi connectivity index (χ4v) is 1.22. The van der Waals surface area contributed by atoms with Crippen molar-refractivity contribution in [1.29, 1.82) is 0 Å². The van der Waals surface area contributed by atoms with Crippen molar-refractivity contribution in [1.82, 2.24) is 15.0 Å². The van der Waals surface area contributed by atoms with E-state index in [2.05, 4.69) is 15.0 Å². The summed E-state index contributed by atoms with van der Waals surface area (Å²) in [7, 11) is 0. The molecule has 2 aromatic heterocycles. The van der Waals surface area contributed by atoms with Gasteiger partial charge in [0.1, 0.15) is 11.4 Å². The molecule has 0 bridgehead atoms.